The van der Waals surface area contributed by atoms with Gasteiger partial charge in [-0.3, -0.25) is 9.48 Å². The number of rotatable bonds is 3. The fourth-order valence-electron chi connectivity index (χ4n) is 3.82. The first-order chi connectivity index (χ1) is 12.6. The standard InChI is InChI=1S/C20H19F2N3O/c21-16-8-4-7-14(18(16)22)12-9-10-17-15(11-12)19(20(23)26)24-25(17)13-5-2-1-3-6-13/h4,7-11,13H,1-3,5-6H2,(H2,23,26). The second kappa shape index (κ2) is 6.52. The van der Waals surface area contributed by atoms with Crippen molar-refractivity contribution in [2.24, 2.45) is 5.73 Å². The number of nitrogens with zero attached hydrogens (tertiary/aromatic N) is 2. The van der Waals surface area contributed by atoms with Gasteiger partial charge in [-0.05, 0) is 36.6 Å². The lowest BCUT2D eigenvalue weighted by Gasteiger charge is -2.22. The van der Waals surface area contributed by atoms with Gasteiger partial charge in [0, 0.05) is 10.9 Å². The zero-order valence-corrected chi connectivity index (χ0v) is 14.2. The minimum atomic E-state index is -0.910. The summed E-state index contributed by atoms with van der Waals surface area (Å²) in [6, 6.07) is 9.48. The molecular weight excluding hydrogens is 336 g/mol. The molecule has 134 valence electrons. The maximum absolute atomic E-state index is 14.2. The molecule has 4 rings (SSSR count). The van der Waals surface area contributed by atoms with Gasteiger partial charge in [0.25, 0.3) is 5.91 Å². The molecule has 0 radical (unpaired) electrons. The molecule has 1 fully saturated rings. The van der Waals surface area contributed by atoms with E-state index in [9.17, 15) is 13.6 Å². The lowest BCUT2D eigenvalue weighted by Crippen LogP contribution is -2.16. The Balaban J connectivity index is 1.88. The minimum absolute atomic E-state index is 0.146. The quantitative estimate of drug-likeness (QED) is 0.747. The zero-order valence-electron chi connectivity index (χ0n) is 14.2. The van der Waals surface area contributed by atoms with Crippen LogP contribution in [0.1, 0.15) is 48.6 Å². The fraction of sp³-hybridized carbons (Fsp3) is 0.300. The number of hydrogen-bond acceptors (Lipinski definition) is 2. The van der Waals surface area contributed by atoms with Crippen molar-refractivity contribution >= 4 is 16.8 Å². The molecule has 3 aromatic rings. The highest BCUT2D eigenvalue weighted by Gasteiger charge is 2.23. The van der Waals surface area contributed by atoms with Gasteiger partial charge in [0.05, 0.1) is 11.6 Å². The van der Waals surface area contributed by atoms with E-state index in [0.29, 0.717) is 10.9 Å². The molecule has 1 aliphatic carbocycles. The summed E-state index contributed by atoms with van der Waals surface area (Å²) in [6.07, 6.45) is 5.49. The summed E-state index contributed by atoms with van der Waals surface area (Å²) in [5, 5.41) is 5.03. The van der Waals surface area contributed by atoms with E-state index in [1.54, 1.807) is 12.1 Å². The summed E-state index contributed by atoms with van der Waals surface area (Å²) in [4.78, 5) is 11.9. The van der Waals surface area contributed by atoms with E-state index < -0.39 is 17.5 Å². The molecule has 1 aliphatic rings. The average molecular weight is 355 g/mol. The molecule has 6 heteroatoms. The normalized spacial score (nSPS) is 15.5. The molecular formula is C20H19F2N3O. The van der Waals surface area contributed by atoms with Crippen LogP contribution in [0.3, 0.4) is 0 Å². The number of hydrogen-bond donors (Lipinski definition) is 1. The predicted octanol–water partition coefficient (Wildman–Crippen LogP) is 4.59. The highest BCUT2D eigenvalue weighted by atomic mass is 19.2. The van der Waals surface area contributed by atoms with Gasteiger partial charge in [0.15, 0.2) is 17.3 Å². The van der Waals surface area contributed by atoms with Gasteiger partial charge >= 0.3 is 0 Å². The maximum atomic E-state index is 14.2. The van der Waals surface area contributed by atoms with Gasteiger partial charge in [-0.2, -0.15) is 5.10 Å². The number of carbonyl (C=O) groups is 1. The summed E-state index contributed by atoms with van der Waals surface area (Å²) in [5.41, 5.74) is 7.12. The number of benzene rings is 2. The highest BCUT2D eigenvalue weighted by molar-refractivity contribution is 6.05. The molecule has 1 amide bonds. The number of aromatic nitrogens is 2. The third-order valence-corrected chi connectivity index (χ3v) is 5.12. The Kier molecular flexibility index (Phi) is 4.18. The van der Waals surface area contributed by atoms with Crippen LogP contribution in [0.2, 0.25) is 0 Å². The zero-order chi connectivity index (χ0) is 18.3. The van der Waals surface area contributed by atoms with Crippen molar-refractivity contribution in [2.75, 3.05) is 0 Å². The summed E-state index contributed by atoms with van der Waals surface area (Å²) < 4.78 is 29.6. The Morgan fingerprint density at radius 2 is 1.88 bits per heavy atom. The van der Waals surface area contributed by atoms with Gasteiger partial charge in [-0.1, -0.05) is 37.5 Å². The van der Waals surface area contributed by atoms with Gasteiger partial charge in [-0.25, -0.2) is 8.78 Å². The third-order valence-electron chi connectivity index (χ3n) is 5.12. The van der Waals surface area contributed by atoms with Crippen LogP contribution in [-0.2, 0) is 0 Å². The number of fused-ring (bicyclic) bond motifs is 1. The summed E-state index contributed by atoms with van der Waals surface area (Å²) in [6.45, 7) is 0. The Hall–Kier alpha value is -2.76. The first kappa shape index (κ1) is 16.7. The lowest BCUT2D eigenvalue weighted by molar-refractivity contribution is 0.0995. The van der Waals surface area contributed by atoms with E-state index in [-0.39, 0.29) is 17.3 Å². The van der Waals surface area contributed by atoms with E-state index in [0.717, 1.165) is 37.3 Å². The van der Waals surface area contributed by atoms with E-state index >= 15 is 0 Å². The van der Waals surface area contributed by atoms with E-state index in [1.807, 2.05) is 10.7 Å². The molecule has 0 saturated heterocycles. The van der Waals surface area contributed by atoms with Crippen molar-refractivity contribution < 1.29 is 13.6 Å². The van der Waals surface area contributed by atoms with Crippen LogP contribution in [0.25, 0.3) is 22.0 Å². The molecule has 1 aromatic heterocycles. The summed E-state index contributed by atoms with van der Waals surface area (Å²) >= 11 is 0. The maximum Gasteiger partial charge on any atom is 0.269 e. The Morgan fingerprint density at radius 1 is 1.12 bits per heavy atom. The van der Waals surface area contributed by atoms with Crippen molar-refractivity contribution in [3.8, 4) is 11.1 Å². The highest BCUT2D eigenvalue weighted by Crippen LogP contribution is 2.34. The van der Waals surface area contributed by atoms with Crippen molar-refractivity contribution in [3.05, 3.63) is 53.7 Å². The van der Waals surface area contributed by atoms with Crippen molar-refractivity contribution in [1.82, 2.24) is 9.78 Å². The van der Waals surface area contributed by atoms with Crippen LogP contribution in [-0.4, -0.2) is 15.7 Å². The molecule has 0 aliphatic heterocycles. The van der Waals surface area contributed by atoms with Crippen LogP contribution in [0.5, 0.6) is 0 Å². The molecule has 1 saturated carbocycles. The minimum Gasteiger partial charge on any atom is -0.364 e. The van der Waals surface area contributed by atoms with Gasteiger partial charge < -0.3 is 5.73 Å². The molecule has 2 N–H and O–H groups in total. The molecule has 26 heavy (non-hydrogen) atoms. The molecule has 2 aromatic carbocycles. The average Bonchev–Trinajstić information content (AvgIpc) is 3.04. The monoisotopic (exact) mass is 355 g/mol. The smallest absolute Gasteiger partial charge is 0.269 e. The number of halogens is 2. The SMILES string of the molecule is NC(=O)c1nn(C2CCCCC2)c2ccc(-c3cccc(F)c3F)cc12. The van der Waals surface area contributed by atoms with Gasteiger partial charge in [0.1, 0.15) is 0 Å². The lowest BCUT2D eigenvalue weighted by atomic mass is 9.95. The Morgan fingerprint density at radius 3 is 2.62 bits per heavy atom. The number of primary amides is 1. The first-order valence-electron chi connectivity index (χ1n) is 8.82. The van der Waals surface area contributed by atoms with Crippen molar-refractivity contribution in [1.29, 1.82) is 0 Å². The predicted molar refractivity (Wildman–Crippen MR) is 95.7 cm³/mol. The topological polar surface area (TPSA) is 60.9 Å². The van der Waals surface area contributed by atoms with Gasteiger partial charge in [-0.15, -0.1) is 0 Å². The van der Waals surface area contributed by atoms with E-state index in [1.165, 1.54) is 18.6 Å². The molecule has 0 spiro atoms. The molecule has 0 unspecified atom stereocenters. The van der Waals surface area contributed by atoms with Gasteiger partial charge in [0.2, 0.25) is 0 Å². The van der Waals surface area contributed by atoms with Crippen LogP contribution in [0.15, 0.2) is 36.4 Å². The molecule has 0 bridgehead atoms. The largest absolute Gasteiger partial charge is 0.364 e. The van der Waals surface area contributed by atoms with Crippen LogP contribution < -0.4 is 5.73 Å². The molecule has 4 nitrogen and oxygen atoms in total. The summed E-state index contributed by atoms with van der Waals surface area (Å²) in [5.74, 6) is -2.44. The Bertz CT molecular complexity index is 990. The molecule has 1 heterocycles. The van der Waals surface area contributed by atoms with Crippen LogP contribution >= 0.6 is 0 Å². The number of amides is 1. The number of nitrogens with two attached hydrogens (primary N) is 1. The Labute approximate surface area is 149 Å². The van der Waals surface area contributed by atoms with Crippen LogP contribution in [0, 0.1) is 11.6 Å². The van der Waals surface area contributed by atoms with E-state index in [2.05, 4.69) is 5.10 Å². The summed E-state index contributed by atoms with van der Waals surface area (Å²) in [7, 11) is 0. The second-order valence-electron chi connectivity index (χ2n) is 6.78. The van der Waals surface area contributed by atoms with Crippen LogP contribution in [0.4, 0.5) is 8.78 Å². The number of carbonyl (C=O) groups excluding carboxylic acids is 1. The molecule has 0 atom stereocenters. The first-order valence-corrected chi connectivity index (χ1v) is 8.82. The fourth-order valence-corrected chi connectivity index (χ4v) is 3.82. The third kappa shape index (κ3) is 2.75. The van der Waals surface area contributed by atoms with Crippen molar-refractivity contribution in [2.45, 2.75) is 38.1 Å². The van der Waals surface area contributed by atoms with Crippen molar-refractivity contribution in [3.63, 3.8) is 0 Å². The second-order valence-corrected chi connectivity index (χ2v) is 6.78. The van der Waals surface area contributed by atoms with E-state index in [4.69, 9.17) is 5.73 Å².